The highest BCUT2D eigenvalue weighted by molar-refractivity contribution is 5.13. The second kappa shape index (κ2) is 2.84. The molecule has 1 rings (SSSR count). The summed E-state index contributed by atoms with van der Waals surface area (Å²) in [4.78, 5) is 0. The van der Waals surface area contributed by atoms with Gasteiger partial charge in [-0.3, -0.25) is 0 Å². The third kappa shape index (κ3) is 2.21. The van der Waals surface area contributed by atoms with Crippen LogP contribution in [0.4, 0.5) is 0 Å². The van der Waals surface area contributed by atoms with Crippen molar-refractivity contribution in [3.05, 3.63) is 24.3 Å². The van der Waals surface area contributed by atoms with Crippen LogP contribution >= 0.6 is 0 Å². The van der Waals surface area contributed by atoms with Gasteiger partial charge in [-0.05, 0) is 31.1 Å². The number of hydrogen-bond donors (Lipinski definition) is 0. The van der Waals surface area contributed by atoms with Crippen LogP contribution in [0, 0.1) is 11.3 Å². The van der Waals surface area contributed by atoms with Crippen LogP contribution in [0.15, 0.2) is 24.3 Å². The molecule has 0 radical (unpaired) electrons. The van der Waals surface area contributed by atoms with E-state index in [2.05, 4.69) is 39.5 Å². The van der Waals surface area contributed by atoms with Crippen LogP contribution in [0.1, 0.15) is 33.6 Å². The van der Waals surface area contributed by atoms with E-state index in [9.17, 15) is 0 Å². The highest BCUT2D eigenvalue weighted by Crippen LogP contribution is 2.34. The van der Waals surface area contributed by atoms with Gasteiger partial charge in [0.05, 0.1) is 0 Å². The minimum absolute atomic E-state index is 0.423. The van der Waals surface area contributed by atoms with Crippen molar-refractivity contribution in [3.8, 4) is 0 Å². The Morgan fingerprint density at radius 3 is 2.55 bits per heavy atom. The third-order valence-electron chi connectivity index (χ3n) is 2.51. The summed E-state index contributed by atoms with van der Waals surface area (Å²) in [7, 11) is 0. The van der Waals surface area contributed by atoms with Crippen molar-refractivity contribution in [2.45, 2.75) is 33.6 Å². The second-order valence-electron chi connectivity index (χ2n) is 4.34. The summed E-state index contributed by atoms with van der Waals surface area (Å²) < 4.78 is 0. The van der Waals surface area contributed by atoms with Gasteiger partial charge in [0.25, 0.3) is 0 Å². The first-order chi connectivity index (χ1) is 5.01. The lowest BCUT2D eigenvalue weighted by atomic mass is 9.80. The number of hydrogen-bond acceptors (Lipinski definition) is 0. The zero-order chi connectivity index (χ0) is 8.48. The molecule has 0 heterocycles. The maximum Gasteiger partial charge on any atom is -0.00282 e. The standard InChI is InChI=1S/C11H18/c1-9(2)10-5-7-11(3,4)8-6-10/h5,7,10H,1,6,8H2,2-4H3/i3+1. The third-order valence-corrected chi connectivity index (χ3v) is 2.51. The SMILES string of the molecule is C=C(C)C1C=CC(C)([13CH3])CC1. The Kier molecular flexibility index (Phi) is 2.22. The lowest BCUT2D eigenvalue weighted by molar-refractivity contribution is 0.376. The molecule has 62 valence electrons. The molecule has 1 aliphatic rings. The zero-order valence-electron chi connectivity index (χ0n) is 7.85. The molecular formula is C11H18. The molecule has 0 bridgehead atoms. The average Bonchev–Trinajstić information content (AvgIpc) is 1.86. The van der Waals surface area contributed by atoms with Gasteiger partial charge in [-0.2, -0.15) is 0 Å². The van der Waals surface area contributed by atoms with Crippen LogP contribution in [0.5, 0.6) is 0 Å². The van der Waals surface area contributed by atoms with Gasteiger partial charge < -0.3 is 0 Å². The molecule has 0 fully saturated rings. The highest BCUT2D eigenvalue weighted by atomic mass is 14.4. The summed E-state index contributed by atoms with van der Waals surface area (Å²) in [5.74, 6) is 0.642. The van der Waals surface area contributed by atoms with E-state index in [1.807, 2.05) is 0 Å². The van der Waals surface area contributed by atoms with E-state index in [-0.39, 0.29) is 0 Å². The molecule has 1 aliphatic carbocycles. The van der Waals surface area contributed by atoms with E-state index in [1.165, 1.54) is 18.4 Å². The van der Waals surface area contributed by atoms with Crippen molar-refractivity contribution in [3.63, 3.8) is 0 Å². The first-order valence-corrected chi connectivity index (χ1v) is 4.36. The molecule has 0 nitrogen and oxygen atoms in total. The molecule has 0 aromatic rings. The van der Waals surface area contributed by atoms with E-state index in [4.69, 9.17) is 0 Å². The molecule has 2 unspecified atom stereocenters. The van der Waals surface area contributed by atoms with Gasteiger partial charge in [0.2, 0.25) is 0 Å². The monoisotopic (exact) mass is 151 g/mol. The summed E-state index contributed by atoms with van der Waals surface area (Å²) in [6.45, 7) is 10.7. The lowest BCUT2D eigenvalue weighted by Crippen LogP contribution is -2.15. The molecule has 0 amide bonds. The summed E-state index contributed by atoms with van der Waals surface area (Å²) in [5, 5.41) is 0. The molecule has 0 aliphatic heterocycles. The van der Waals surface area contributed by atoms with E-state index in [0.717, 1.165) is 0 Å². The maximum absolute atomic E-state index is 3.98. The maximum atomic E-state index is 3.98. The van der Waals surface area contributed by atoms with Gasteiger partial charge in [0, 0.05) is 0 Å². The van der Waals surface area contributed by atoms with Crippen LogP contribution in [0.3, 0.4) is 0 Å². The van der Waals surface area contributed by atoms with Crippen LogP contribution < -0.4 is 0 Å². The first kappa shape index (κ1) is 8.58. The number of rotatable bonds is 1. The summed E-state index contributed by atoms with van der Waals surface area (Å²) in [6, 6.07) is 0. The molecule has 0 aromatic heterocycles. The Balaban J connectivity index is 2.63. The van der Waals surface area contributed by atoms with Gasteiger partial charge >= 0.3 is 0 Å². The van der Waals surface area contributed by atoms with E-state index < -0.39 is 0 Å². The molecular weight excluding hydrogens is 133 g/mol. The Labute approximate surface area is 70.0 Å². The Bertz CT molecular complexity index is 184. The van der Waals surface area contributed by atoms with Crippen molar-refractivity contribution in [1.29, 1.82) is 0 Å². The molecule has 0 spiro atoms. The van der Waals surface area contributed by atoms with Gasteiger partial charge in [-0.25, -0.2) is 0 Å². The Morgan fingerprint density at radius 1 is 1.55 bits per heavy atom. The van der Waals surface area contributed by atoms with Gasteiger partial charge in [0.1, 0.15) is 0 Å². The van der Waals surface area contributed by atoms with Gasteiger partial charge in [0.15, 0.2) is 0 Å². The minimum atomic E-state index is 0.423. The normalized spacial score (nSPS) is 37.2. The van der Waals surface area contributed by atoms with Crippen LogP contribution in [0.25, 0.3) is 0 Å². The zero-order valence-corrected chi connectivity index (χ0v) is 7.85. The average molecular weight is 151 g/mol. The molecule has 0 N–H and O–H groups in total. The largest absolute Gasteiger partial charge is 0.0995 e. The first-order valence-electron chi connectivity index (χ1n) is 4.36. The Morgan fingerprint density at radius 2 is 2.18 bits per heavy atom. The van der Waals surface area contributed by atoms with Crippen molar-refractivity contribution >= 4 is 0 Å². The Hall–Kier alpha value is -0.520. The van der Waals surface area contributed by atoms with Crippen LogP contribution in [-0.4, -0.2) is 0 Å². The van der Waals surface area contributed by atoms with Gasteiger partial charge in [-0.1, -0.05) is 38.2 Å². The fourth-order valence-corrected chi connectivity index (χ4v) is 1.49. The van der Waals surface area contributed by atoms with E-state index in [0.29, 0.717) is 11.3 Å². The molecule has 0 saturated carbocycles. The van der Waals surface area contributed by atoms with Crippen molar-refractivity contribution in [1.82, 2.24) is 0 Å². The summed E-state index contributed by atoms with van der Waals surface area (Å²) in [6.07, 6.45) is 7.21. The summed E-state index contributed by atoms with van der Waals surface area (Å²) in [5.41, 5.74) is 1.73. The van der Waals surface area contributed by atoms with Crippen LogP contribution in [-0.2, 0) is 0 Å². The minimum Gasteiger partial charge on any atom is -0.0995 e. The highest BCUT2D eigenvalue weighted by Gasteiger charge is 2.21. The molecule has 0 saturated heterocycles. The van der Waals surface area contributed by atoms with E-state index in [1.54, 1.807) is 0 Å². The smallest absolute Gasteiger partial charge is 0.00282 e. The quantitative estimate of drug-likeness (QED) is 0.397. The number of allylic oxidation sites excluding steroid dienone is 3. The molecule has 2 atom stereocenters. The van der Waals surface area contributed by atoms with Crippen molar-refractivity contribution in [2.75, 3.05) is 0 Å². The second-order valence-corrected chi connectivity index (χ2v) is 4.34. The van der Waals surface area contributed by atoms with Crippen LogP contribution in [0.2, 0.25) is 0 Å². The predicted molar refractivity (Wildman–Crippen MR) is 50.5 cm³/mol. The molecule has 0 aromatic carbocycles. The topological polar surface area (TPSA) is 0 Å². The molecule has 0 heteroatoms. The predicted octanol–water partition coefficient (Wildman–Crippen LogP) is 3.55. The lowest BCUT2D eigenvalue weighted by Gasteiger charge is -2.28. The van der Waals surface area contributed by atoms with Crippen molar-refractivity contribution in [2.24, 2.45) is 11.3 Å². The summed E-state index contributed by atoms with van der Waals surface area (Å²) >= 11 is 0. The van der Waals surface area contributed by atoms with Crippen molar-refractivity contribution < 1.29 is 0 Å². The van der Waals surface area contributed by atoms with E-state index >= 15 is 0 Å². The van der Waals surface area contributed by atoms with Gasteiger partial charge in [-0.15, -0.1) is 0 Å². The fourth-order valence-electron chi connectivity index (χ4n) is 1.49. The molecule has 11 heavy (non-hydrogen) atoms. The fraction of sp³-hybridized carbons (Fsp3) is 0.636.